The molecule has 2 unspecified atom stereocenters. The van der Waals surface area contributed by atoms with Gasteiger partial charge in [0, 0.05) is 22.4 Å². The van der Waals surface area contributed by atoms with E-state index in [-0.39, 0.29) is 5.69 Å². The number of aliphatic carboxylic acids is 1. The molecular formula is C19H19FNO5S-. The van der Waals surface area contributed by atoms with Crippen molar-refractivity contribution in [2.75, 3.05) is 4.31 Å². The Kier molecular flexibility index (Phi) is 6.35. The fourth-order valence-corrected chi connectivity index (χ4v) is 3.28. The van der Waals surface area contributed by atoms with Crippen molar-refractivity contribution in [2.45, 2.75) is 19.9 Å². The molecule has 144 valence electrons. The van der Waals surface area contributed by atoms with E-state index in [9.17, 15) is 23.1 Å². The van der Waals surface area contributed by atoms with Gasteiger partial charge < -0.3 is 14.4 Å². The number of carbonyl (C=O) groups is 1. The zero-order chi connectivity index (χ0) is 20.2. The van der Waals surface area contributed by atoms with E-state index < -0.39 is 34.5 Å². The summed E-state index contributed by atoms with van der Waals surface area (Å²) >= 11 is -2.83. The molecule has 1 N–H and O–H groups in total. The van der Waals surface area contributed by atoms with Crippen molar-refractivity contribution in [1.82, 2.24) is 0 Å². The molecule has 0 heterocycles. The molecule has 2 aromatic rings. The molecule has 27 heavy (non-hydrogen) atoms. The summed E-state index contributed by atoms with van der Waals surface area (Å²) < 4.78 is 42.8. The van der Waals surface area contributed by atoms with Crippen LogP contribution >= 0.6 is 0 Å². The minimum absolute atomic E-state index is 0.164. The molecular weight excluding hydrogens is 373 g/mol. The van der Waals surface area contributed by atoms with Crippen molar-refractivity contribution < 1.29 is 27.8 Å². The number of hydrogen-bond donors (Lipinski definition) is 1. The summed E-state index contributed by atoms with van der Waals surface area (Å²) in [4.78, 5) is 11.7. The van der Waals surface area contributed by atoms with Crippen LogP contribution in [-0.2, 0) is 16.1 Å². The van der Waals surface area contributed by atoms with Crippen LogP contribution in [-0.4, -0.2) is 25.9 Å². The van der Waals surface area contributed by atoms with Crippen molar-refractivity contribution in [3.8, 4) is 11.5 Å². The van der Waals surface area contributed by atoms with Crippen LogP contribution in [0.5, 0.6) is 11.5 Å². The Labute approximate surface area is 159 Å². The largest absolute Gasteiger partial charge is 0.755 e. The van der Waals surface area contributed by atoms with E-state index in [1.807, 2.05) is 0 Å². The van der Waals surface area contributed by atoms with Crippen molar-refractivity contribution in [3.05, 3.63) is 67.0 Å². The second-order valence-corrected chi connectivity index (χ2v) is 7.19. The highest BCUT2D eigenvalue weighted by molar-refractivity contribution is 7.80. The van der Waals surface area contributed by atoms with Gasteiger partial charge >= 0.3 is 5.97 Å². The Morgan fingerprint density at radius 1 is 1.22 bits per heavy atom. The third-order valence-electron chi connectivity index (χ3n) is 4.00. The lowest BCUT2D eigenvalue weighted by Crippen LogP contribution is -2.50. The Bertz CT molecular complexity index is 836. The summed E-state index contributed by atoms with van der Waals surface area (Å²) in [5, 5.41) is 9.57. The van der Waals surface area contributed by atoms with Crippen molar-refractivity contribution in [2.24, 2.45) is 5.41 Å². The van der Waals surface area contributed by atoms with Crippen molar-refractivity contribution in [1.29, 1.82) is 0 Å². The van der Waals surface area contributed by atoms with Gasteiger partial charge in [-0.05, 0) is 48.5 Å². The summed E-state index contributed by atoms with van der Waals surface area (Å²) in [6.07, 6.45) is 1.40. The molecule has 0 amide bonds. The maximum Gasteiger partial charge on any atom is 0.328 e. The van der Waals surface area contributed by atoms with E-state index in [0.29, 0.717) is 11.5 Å². The van der Waals surface area contributed by atoms with Crippen LogP contribution in [0.1, 0.15) is 13.8 Å². The smallest absolute Gasteiger partial charge is 0.328 e. The van der Waals surface area contributed by atoms with Gasteiger partial charge in [0.1, 0.15) is 23.4 Å². The first-order valence-electron chi connectivity index (χ1n) is 7.94. The highest BCUT2D eigenvalue weighted by Gasteiger charge is 2.39. The molecule has 0 radical (unpaired) electrons. The second-order valence-electron chi connectivity index (χ2n) is 6.36. The number of hydrogen-bond acceptors (Lipinski definition) is 4. The molecule has 2 aromatic carbocycles. The second kappa shape index (κ2) is 8.32. The van der Waals surface area contributed by atoms with Gasteiger partial charge in [-0.25, -0.2) is 9.18 Å². The van der Waals surface area contributed by atoms with E-state index in [1.165, 1.54) is 54.6 Å². The zero-order valence-electron chi connectivity index (χ0n) is 14.8. The van der Waals surface area contributed by atoms with Crippen molar-refractivity contribution >= 4 is 22.9 Å². The van der Waals surface area contributed by atoms with Crippen LogP contribution in [0.25, 0.3) is 0 Å². The summed E-state index contributed by atoms with van der Waals surface area (Å²) in [5.41, 5.74) is -0.855. The monoisotopic (exact) mass is 392 g/mol. The molecule has 0 aromatic heterocycles. The zero-order valence-corrected chi connectivity index (χ0v) is 15.6. The molecule has 0 fully saturated rings. The van der Waals surface area contributed by atoms with Crippen molar-refractivity contribution in [3.63, 3.8) is 0 Å². The normalized spacial score (nSPS) is 13.5. The highest BCUT2D eigenvalue weighted by atomic mass is 32.2. The Morgan fingerprint density at radius 2 is 1.70 bits per heavy atom. The maximum absolute atomic E-state index is 12.9. The Morgan fingerprint density at radius 3 is 2.11 bits per heavy atom. The van der Waals surface area contributed by atoms with Gasteiger partial charge in [0.25, 0.3) is 0 Å². The first-order valence-corrected chi connectivity index (χ1v) is 8.97. The first-order chi connectivity index (χ1) is 12.7. The number of ether oxygens (including phenoxy) is 1. The van der Waals surface area contributed by atoms with Gasteiger partial charge in [0.15, 0.2) is 0 Å². The predicted octanol–water partition coefficient (Wildman–Crippen LogP) is 3.88. The van der Waals surface area contributed by atoms with Crippen LogP contribution in [0.3, 0.4) is 0 Å². The number of halogens is 1. The Hall–Kier alpha value is -2.71. The van der Waals surface area contributed by atoms with Crippen LogP contribution in [0.15, 0.2) is 61.2 Å². The number of carboxylic acids is 1. The van der Waals surface area contributed by atoms with Crippen LogP contribution in [0, 0.1) is 11.2 Å². The van der Waals surface area contributed by atoms with Gasteiger partial charge in [-0.3, -0.25) is 8.51 Å². The number of rotatable bonds is 8. The van der Waals surface area contributed by atoms with Crippen LogP contribution in [0.4, 0.5) is 10.1 Å². The lowest BCUT2D eigenvalue weighted by molar-refractivity contribution is -0.140. The lowest BCUT2D eigenvalue weighted by Gasteiger charge is -2.39. The fourth-order valence-electron chi connectivity index (χ4n) is 2.45. The molecule has 0 saturated carbocycles. The number of carboxylic acid groups (broad SMARTS) is 1. The quantitative estimate of drug-likeness (QED) is 0.544. The van der Waals surface area contributed by atoms with E-state index in [4.69, 9.17) is 4.74 Å². The number of anilines is 1. The molecule has 2 rings (SSSR count). The average Bonchev–Trinajstić information content (AvgIpc) is 2.61. The molecule has 0 saturated heterocycles. The lowest BCUT2D eigenvalue weighted by atomic mass is 9.84. The number of nitrogens with zero attached hydrogens (tertiary/aromatic N) is 1. The Balaban J connectivity index is 2.32. The molecule has 0 aliphatic heterocycles. The minimum Gasteiger partial charge on any atom is -0.755 e. The molecule has 0 bridgehead atoms. The average molecular weight is 392 g/mol. The fraction of sp³-hybridized carbons (Fsp3) is 0.211. The van der Waals surface area contributed by atoms with Gasteiger partial charge in [-0.2, -0.15) is 0 Å². The molecule has 6 nitrogen and oxygen atoms in total. The van der Waals surface area contributed by atoms with E-state index >= 15 is 0 Å². The van der Waals surface area contributed by atoms with E-state index in [0.717, 1.165) is 4.31 Å². The standard InChI is InChI=1S/C19H20FNO5S/c1-4-19(2,3)17(18(22)23)21(27(24)25)14-7-11-16(12-8-14)26-15-9-5-13(20)6-10-15/h4-12,17H,1H2,2-3H3,(H,22,23)(H,24,25)/p-1. The molecule has 8 heteroatoms. The summed E-state index contributed by atoms with van der Waals surface area (Å²) in [6, 6.07) is 9.90. The first kappa shape index (κ1) is 20.6. The third-order valence-corrected chi connectivity index (χ3v) is 4.74. The van der Waals surface area contributed by atoms with Crippen LogP contribution < -0.4 is 9.04 Å². The van der Waals surface area contributed by atoms with Gasteiger partial charge in [-0.1, -0.05) is 19.9 Å². The van der Waals surface area contributed by atoms with Gasteiger partial charge in [0.2, 0.25) is 0 Å². The SMILES string of the molecule is C=CC(C)(C)C(C(=O)O)N(c1ccc(Oc2ccc(F)cc2)cc1)S(=O)[O-]. The molecule has 0 spiro atoms. The van der Waals surface area contributed by atoms with Gasteiger partial charge in [0.05, 0.1) is 0 Å². The number of benzene rings is 2. The van der Waals surface area contributed by atoms with Gasteiger partial charge in [-0.15, -0.1) is 6.58 Å². The van der Waals surface area contributed by atoms with Crippen LogP contribution in [0.2, 0.25) is 0 Å². The van der Waals surface area contributed by atoms with E-state index in [1.54, 1.807) is 13.8 Å². The minimum atomic E-state index is -2.83. The van der Waals surface area contributed by atoms with E-state index in [2.05, 4.69) is 6.58 Å². The third kappa shape index (κ3) is 4.93. The predicted molar refractivity (Wildman–Crippen MR) is 99.7 cm³/mol. The summed E-state index contributed by atoms with van der Waals surface area (Å²) in [5.74, 6) is -0.895. The summed E-state index contributed by atoms with van der Waals surface area (Å²) in [7, 11) is 0. The highest BCUT2D eigenvalue weighted by Crippen LogP contribution is 2.33. The topological polar surface area (TPSA) is 89.9 Å². The maximum atomic E-state index is 12.9. The summed E-state index contributed by atoms with van der Waals surface area (Å²) in [6.45, 7) is 6.78. The molecule has 0 aliphatic rings. The molecule has 0 aliphatic carbocycles. The molecule has 2 atom stereocenters.